The Morgan fingerprint density at radius 3 is 2.19 bits per heavy atom. The number of rotatable bonds is 7. The topological polar surface area (TPSA) is 84.2 Å². The number of nitrogens with two attached hydrogens (primary N) is 1. The van der Waals surface area contributed by atoms with E-state index in [1.54, 1.807) is 12.1 Å². The van der Waals surface area contributed by atoms with Crippen molar-refractivity contribution in [2.24, 2.45) is 5.73 Å². The molecule has 0 aliphatic carbocycles. The molecule has 5 nitrogen and oxygen atoms in total. The molecule has 0 aliphatic rings. The van der Waals surface area contributed by atoms with Crippen LogP contribution in [-0.4, -0.2) is 11.9 Å². The minimum absolute atomic E-state index is 0.155. The number of nitrogens with one attached hydrogen (secondary N) is 2. The molecule has 160 valence electrons. The summed E-state index contributed by atoms with van der Waals surface area (Å²) in [6.07, 6.45) is -0.155. The summed E-state index contributed by atoms with van der Waals surface area (Å²) in [6, 6.07) is 19.6. The molecule has 0 bridgehead atoms. The van der Waals surface area contributed by atoms with Crippen LogP contribution in [0.15, 0.2) is 72.8 Å². The van der Waals surface area contributed by atoms with E-state index < -0.39 is 17.9 Å². The zero-order valence-corrected chi connectivity index (χ0v) is 17.6. The second kappa shape index (κ2) is 9.89. The predicted octanol–water partition coefficient (Wildman–Crippen LogP) is 4.45. The molecule has 3 aromatic carbocycles. The molecule has 3 aromatic rings. The minimum atomic E-state index is -0.880. The Hall–Kier alpha value is -3.67. The molecule has 0 saturated carbocycles. The van der Waals surface area contributed by atoms with E-state index in [1.165, 1.54) is 12.1 Å². The lowest BCUT2D eigenvalue weighted by Crippen LogP contribution is -2.38. The molecule has 0 aliphatic heterocycles. The summed E-state index contributed by atoms with van der Waals surface area (Å²) in [5.74, 6) is -0.850. The first-order chi connectivity index (χ1) is 14.8. The fourth-order valence-electron chi connectivity index (χ4n) is 3.52. The Balaban J connectivity index is 1.87. The molecule has 0 aromatic heterocycles. The third kappa shape index (κ3) is 5.69. The zero-order valence-electron chi connectivity index (χ0n) is 17.6. The first-order valence-corrected chi connectivity index (χ1v) is 10.1. The lowest BCUT2D eigenvalue weighted by molar-refractivity contribution is -0.122. The SMILES string of the molecule is Cc1ccc([C@@H](NC(=O)C[C@H](NC(N)=O)c2ccccc2F)c2ccccc2)cc1C. The van der Waals surface area contributed by atoms with E-state index in [9.17, 15) is 14.0 Å². The second-order valence-corrected chi connectivity index (χ2v) is 7.54. The van der Waals surface area contributed by atoms with Crippen LogP contribution in [-0.2, 0) is 4.79 Å². The Labute approximate surface area is 181 Å². The third-order valence-corrected chi connectivity index (χ3v) is 5.29. The third-order valence-electron chi connectivity index (χ3n) is 5.29. The largest absolute Gasteiger partial charge is 0.352 e. The Morgan fingerprint density at radius 2 is 1.55 bits per heavy atom. The van der Waals surface area contributed by atoms with Gasteiger partial charge in [0.1, 0.15) is 5.82 Å². The van der Waals surface area contributed by atoms with Gasteiger partial charge in [0.25, 0.3) is 0 Å². The van der Waals surface area contributed by atoms with E-state index in [0.29, 0.717) is 0 Å². The average molecular weight is 420 g/mol. The number of urea groups is 1. The monoisotopic (exact) mass is 419 g/mol. The van der Waals surface area contributed by atoms with Crippen molar-refractivity contribution in [2.75, 3.05) is 0 Å². The normalized spacial score (nSPS) is 12.6. The van der Waals surface area contributed by atoms with E-state index in [1.807, 2.05) is 62.4 Å². The number of carbonyl (C=O) groups excluding carboxylic acids is 2. The van der Waals surface area contributed by atoms with Crippen molar-refractivity contribution in [2.45, 2.75) is 32.4 Å². The maximum atomic E-state index is 14.3. The minimum Gasteiger partial charge on any atom is -0.352 e. The molecule has 3 rings (SSSR count). The molecule has 0 heterocycles. The number of primary amides is 1. The smallest absolute Gasteiger partial charge is 0.312 e. The lowest BCUT2D eigenvalue weighted by Gasteiger charge is -2.23. The summed E-state index contributed by atoms with van der Waals surface area (Å²) in [7, 11) is 0. The van der Waals surface area contributed by atoms with Crippen molar-refractivity contribution in [3.05, 3.63) is 106 Å². The maximum Gasteiger partial charge on any atom is 0.312 e. The molecular formula is C25H26FN3O2. The van der Waals surface area contributed by atoms with E-state index in [2.05, 4.69) is 10.6 Å². The summed E-state index contributed by atoms with van der Waals surface area (Å²) in [5.41, 5.74) is 9.61. The van der Waals surface area contributed by atoms with Crippen LogP contribution >= 0.6 is 0 Å². The Kier molecular flexibility index (Phi) is 7.03. The number of hydrogen-bond acceptors (Lipinski definition) is 2. The fourth-order valence-corrected chi connectivity index (χ4v) is 3.52. The predicted molar refractivity (Wildman–Crippen MR) is 119 cm³/mol. The van der Waals surface area contributed by atoms with Gasteiger partial charge in [-0.05, 0) is 42.2 Å². The van der Waals surface area contributed by atoms with Crippen LogP contribution in [0.2, 0.25) is 0 Å². The molecular weight excluding hydrogens is 393 g/mol. The van der Waals surface area contributed by atoms with Gasteiger partial charge in [0.2, 0.25) is 5.91 Å². The van der Waals surface area contributed by atoms with Gasteiger partial charge in [-0.3, -0.25) is 4.79 Å². The van der Waals surface area contributed by atoms with Gasteiger partial charge in [-0.25, -0.2) is 9.18 Å². The average Bonchev–Trinajstić information content (AvgIpc) is 2.74. The van der Waals surface area contributed by atoms with Crippen molar-refractivity contribution < 1.29 is 14.0 Å². The van der Waals surface area contributed by atoms with Crippen LogP contribution in [0.25, 0.3) is 0 Å². The summed E-state index contributed by atoms with van der Waals surface area (Å²) in [6.45, 7) is 4.05. The second-order valence-electron chi connectivity index (χ2n) is 7.54. The number of amides is 3. The molecule has 0 saturated heterocycles. The number of carbonyl (C=O) groups is 2. The van der Waals surface area contributed by atoms with Gasteiger partial charge in [-0.2, -0.15) is 0 Å². The molecule has 0 fully saturated rings. The van der Waals surface area contributed by atoms with Crippen molar-refractivity contribution in [3.63, 3.8) is 0 Å². The summed E-state index contributed by atoms with van der Waals surface area (Å²) >= 11 is 0. The van der Waals surface area contributed by atoms with E-state index in [-0.39, 0.29) is 23.9 Å². The highest BCUT2D eigenvalue weighted by Crippen LogP contribution is 2.26. The van der Waals surface area contributed by atoms with Gasteiger partial charge in [-0.15, -0.1) is 0 Å². The van der Waals surface area contributed by atoms with E-state index >= 15 is 0 Å². The number of hydrogen-bond donors (Lipinski definition) is 3. The standard InChI is InChI=1S/C25H26FN3O2/c1-16-12-13-19(14-17(16)2)24(18-8-4-3-5-9-18)29-23(30)15-22(28-25(27)31)20-10-6-7-11-21(20)26/h3-14,22,24H,15H2,1-2H3,(H,29,30)(H3,27,28,31)/t22-,24-/m0/s1. The molecule has 6 heteroatoms. The van der Waals surface area contributed by atoms with Crippen LogP contribution in [0.1, 0.15) is 46.3 Å². The summed E-state index contributed by atoms with van der Waals surface area (Å²) in [4.78, 5) is 24.5. The molecule has 31 heavy (non-hydrogen) atoms. The molecule has 0 unspecified atom stereocenters. The zero-order chi connectivity index (χ0) is 22.4. The Morgan fingerprint density at radius 1 is 0.871 bits per heavy atom. The molecule has 2 atom stereocenters. The quantitative estimate of drug-likeness (QED) is 0.529. The van der Waals surface area contributed by atoms with Crippen LogP contribution in [0.4, 0.5) is 9.18 Å². The molecule has 0 spiro atoms. The number of benzene rings is 3. The maximum absolute atomic E-state index is 14.3. The van der Waals surface area contributed by atoms with Crippen molar-refractivity contribution >= 4 is 11.9 Å². The molecule has 0 radical (unpaired) electrons. The summed E-state index contributed by atoms with van der Waals surface area (Å²) in [5, 5.41) is 5.51. The van der Waals surface area contributed by atoms with Gasteiger partial charge in [0.15, 0.2) is 0 Å². The highest BCUT2D eigenvalue weighted by molar-refractivity contribution is 5.79. The number of aryl methyl sites for hydroxylation is 2. The van der Waals surface area contributed by atoms with Crippen molar-refractivity contribution in [1.82, 2.24) is 10.6 Å². The highest BCUT2D eigenvalue weighted by atomic mass is 19.1. The first kappa shape index (κ1) is 22.0. The molecule has 3 amide bonds. The fraction of sp³-hybridized carbons (Fsp3) is 0.200. The van der Waals surface area contributed by atoms with Gasteiger partial charge in [0, 0.05) is 5.56 Å². The van der Waals surface area contributed by atoms with E-state index in [4.69, 9.17) is 5.73 Å². The van der Waals surface area contributed by atoms with Gasteiger partial charge in [-0.1, -0.05) is 66.7 Å². The van der Waals surface area contributed by atoms with Crippen LogP contribution in [0, 0.1) is 19.7 Å². The van der Waals surface area contributed by atoms with E-state index in [0.717, 1.165) is 22.3 Å². The highest BCUT2D eigenvalue weighted by Gasteiger charge is 2.23. The number of halogens is 1. The van der Waals surface area contributed by atoms with Crippen molar-refractivity contribution in [1.29, 1.82) is 0 Å². The summed E-state index contributed by atoms with van der Waals surface area (Å²) < 4.78 is 14.3. The van der Waals surface area contributed by atoms with Gasteiger partial charge >= 0.3 is 6.03 Å². The van der Waals surface area contributed by atoms with Crippen LogP contribution < -0.4 is 16.4 Å². The van der Waals surface area contributed by atoms with Crippen LogP contribution in [0.3, 0.4) is 0 Å². The molecule has 4 N–H and O–H groups in total. The van der Waals surface area contributed by atoms with Gasteiger partial charge in [0.05, 0.1) is 18.5 Å². The lowest BCUT2D eigenvalue weighted by atomic mass is 9.95. The first-order valence-electron chi connectivity index (χ1n) is 10.1. The Bertz CT molecular complexity index is 1070. The van der Waals surface area contributed by atoms with Gasteiger partial charge < -0.3 is 16.4 Å². The van der Waals surface area contributed by atoms with Crippen LogP contribution in [0.5, 0.6) is 0 Å². The van der Waals surface area contributed by atoms with Crippen molar-refractivity contribution in [3.8, 4) is 0 Å².